The fourth-order valence-electron chi connectivity index (χ4n) is 2.16. The molecule has 104 valence electrons. The predicted octanol–water partition coefficient (Wildman–Crippen LogP) is 4.09. The highest BCUT2D eigenvalue weighted by Gasteiger charge is 2.18. The first kappa shape index (κ1) is 14.1. The van der Waals surface area contributed by atoms with Crippen molar-refractivity contribution in [1.82, 2.24) is 0 Å². The lowest BCUT2D eigenvalue weighted by molar-refractivity contribution is 0.0693. The fraction of sp³-hybridized carbons (Fsp3) is 0.188. The summed E-state index contributed by atoms with van der Waals surface area (Å²) in [6.45, 7) is 1.99. The zero-order valence-electron chi connectivity index (χ0n) is 11.1. The minimum absolute atomic E-state index is 0.0592. The Balaban J connectivity index is 2.33. The Kier molecular flexibility index (Phi) is 4.35. The van der Waals surface area contributed by atoms with E-state index in [2.05, 4.69) is 5.32 Å². The van der Waals surface area contributed by atoms with Crippen LogP contribution in [0.1, 0.15) is 35.3 Å². The maximum absolute atomic E-state index is 13.6. The highest BCUT2D eigenvalue weighted by atomic mass is 19.1. The van der Waals surface area contributed by atoms with Gasteiger partial charge in [0.05, 0.1) is 11.7 Å². The molecule has 0 aliphatic rings. The van der Waals surface area contributed by atoms with E-state index in [0.29, 0.717) is 5.69 Å². The Morgan fingerprint density at radius 3 is 2.50 bits per heavy atom. The standard InChI is InChI=1S/C16H16FNO2/c1-2-13(11-7-4-3-5-8-11)18-14-10-6-9-12(17)15(14)16(19)20/h3-10,13,18H,2H2,1H3,(H,19,20). The Hall–Kier alpha value is -2.36. The number of carbonyl (C=O) groups is 1. The highest BCUT2D eigenvalue weighted by Crippen LogP contribution is 2.26. The Labute approximate surface area is 117 Å². The summed E-state index contributed by atoms with van der Waals surface area (Å²) in [5.41, 5.74) is 1.02. The molecule has 0 bridgehead atoms. The Morgan fingerprint density at radius 2 is 1.90 bits per heavy atom. The SMILES string of the molecule is CCC(Nc1cccc(F)c1C(=O)O)c1ccccc1. The molecule has 0 aliphatic carbocycles. The van der Waals surface area contributed by atoms with Gasteiger partial charge in [-0.25, -0.2) is 9.18 Å². The van der Waals surface area contributed by atoms with Gasteiger partial charge in [0.25, 0.3) is 0 Å². The lowest BCUT2D eigenvalue weighted by Gasteiger charge is -2.20. The van der Waals surface area contributed by atoms with E-state index in [1.54, 1.807) is 6.07 Å². The van der Waals surface area contributed by atoms with Gasteiger partial charge in [-0.15, -0.1) is 0 Å². The molecule has 4 heteroatoms. The van der Waals surface area contributed by atoms with E-state index < -0.39 is 11.8 Å². The summed E-state index contributed by atoms with van der Waals surface area (Å²) in [6.07, 6.45) is 0.763. The summed E-state index contributed by atoms with van der Waals surface area (Å²) >= 11 is 0. The molecule has 0 fully saturated rings. The molecule has 0 saturated carbocycles. The van der Waals surface area contributed by atoms with Gasteiger partial charge < -0.3 is 10.4 Å². The fourth-order valence-corrected chi connectivity index (χ4v) is 2.16. The van der Waals surface area contributed by atoms with Gasteiger partial charge in [-0.05, 0) is 24.1 Å². The minimum atomic E-state index is -1.27. The summed E-state index contributed by atoms with van der Waals surface area (Å²) in [5, 5.41) is 12.2. The average Bonchev–Trinajstić information content (AvgIpc) is 2.45. The molecule has 0 aliphatic heterocycles. The molecule has 0 spiro atoms. The van der Waals surface area contributed by atoms with Crippen molar-refractivity contribution < 1.29 is 14.3 Å². The van der Waals surface area contributed by atoms with E-state index in [0.717, 1.165) is 18.1 Å². The first-order valence-electron chi connectivity index (χ1n) is 6.46. The van der Waals surface area contributed by atoms with E-state index in [1.165, 1.54) is 6.07 Å². The number of rotatable bonds is 5. The number of carboxylic acid groups (broad SMARTS) is 1. The molecule has 2 aromatic carbocycles. The topological polar surface area (TPSA) is 49.3 Å². The van der Waals surface area contributed by atoms with Crippen molar-refractivity contribution in [3.05, 3.63) is 65.5 Å². The smallest absolute Gasteiger partial charge is 0.340 e. The number of carboxylic acids is 1. The van der Waals surface area contributed by atoms with Crippen LogP contribution in [0.15, 0.2) is 48.5 Å². The van der Waals surface area contributed by atoms with Crippen LogP contribution in [0.5, 0.6) is 0 Å². The summed E-state index contributed by atoms with van der Waals surface area (Å²) in [5.74, 6) is -2.00. The summed E-state index contributed by atoms with van der Waals surface area (Å²) in [7, 11) is 0. The number of hydrogen-bond donors (Lipinski definition) is 2. The zero-order chi connectivity index (χ0) is 14.5. The largest absolute Gasteiger partial charge is 0.478 e. The number of hydrogen-bond acceptors (Lipinski definition) is 2. The van der Waals surface area contributed by atoms with Crippen molar-refractivity contribution in [3.8, 4) is 0 Å². The van der Waals surface area contributed by atoms with E-state index in [1.807, 2.05) is 37.3 Å². The van der Waals surface area contributed by atoms with Gasteiger partial charge in [-0.1, -0.05) is 43.3 Å². The van der Waals surface area contributed by atoms with Gasteiger partial charge in [-0.3, -0.25) is 0 Å². The zero-order valence-corrected chi connectivity index (χ0v) is 11.1. The van der Waals surface area contributed by atoms with Crippen molar-refractivity contribution in [3.63, 3.8) is 0 Å². The predicted molar refractivity (Wildman–Crippen MR) is 76.5 cm³/mol. The minimum Gasteiger partial charge on any atom is -0.478 e. The van der Waals surface area contributed by atoms with Crippen molar-refractivity contribution in [2.75, 3.05) is 5.32 Å². The number of benzene rings is 2. The number of anilines is 1. The summed E-state index contributed by atoms with van der Waals surface area (Å²) < 4.78 is 13.6. The lowest BCUT2D eigenvalue weighted by atomic mass is 10.0. The van der Waals surface area contributed by atoms with Gasteiger partial charge in [0.1, 0.15) is 11.4 Å². The van der Waals surface area contributed by atoms with Gasteiger partial charge >= 0.3 is 5.97 Å². The third-order valence-corrected chi connectivity index (χ3v) is 3.17. The van der Waals surface area contributed by atoms with Crippen LogP contribution in [-0.2, 0) is 0 Å². The average molecular weight is 273 g/mol. The van der Waals surface area contributed by atoms with Crippen LogP contribution in [0.2, 0.25) is 0 Å². The monoisotopic (exact) mass is 273 g/mol. The van der Waals surface area contributed by atoms with E-state index in [9.17, 15) is 9.18 Å². The first-order chi connectivity index (χ1) is 9.63. The van der Waals surface area contributed by atoms with Gasteiger partial charge in [0.15, 0.2) is 0 Å². The molecule has 2 rings (SSSR count). The summed E-state index contributed by atoms with van der Waals surface area (Å²) in [4.78, 5) is 11.2. The second kappa shape index (κ2) is 6.19. The quantitative estimate of drug-likeness (QED) is 0.862. The Morgan fingerprint density at radius 1 is 1.20 bits per heavy atom. The molecular formula is C16H16FNO2. The van der Waals surface area contributed by atoms with Crippen molar-refractivity contribution in [1.29, 1.82) is 0 Å². The second-order valence-corrected chi connectivity index (χ2v) is 4.48. The van der Waals surface area contributed by atoms with E-state index >= 15 is 0 Å². The van der Waals surface area contributed by atoms with Gasteiger partial charge in [0, 0.05) is 0 Å². The molecule has 0 saturated heterocycles. The van der Waals surface area contributed by atoms with Crippen LogP contribution in [0.4, 0.5) is 10.1 Å². The third kappa shape index (κ3) is 2.96. The van der Waals surface area contributed by atoms with Gasteiger partial charge in [-0.2, -0.15) is 0 Å². The second-order valence-electron chi connectivity index (χ2n) is 4.48. The van der Waals surface area contributed by atoms with Gasteiger partial charge in [0.2, 0.25) is 0 Å². The molecule has 2 N–H and O–H groups in total. The van der Waals surface area contributed by atoms with Crippen LogP contribution in [0.3, 0.4) is 0 Å². The van der Waals surface area contributed by atoms with E-state index in [-0.39, 0.29) is 11.6 Å². The van der Waals surface area contributed by atoms with Crippen LogP contribution in [0.25, 0.3) is 0 Å². The molecule has 0 heterocycles. The number of halogens is 1. The maximum atomic E-state index is 13.6. The molecule has 1 unspecified atom stereocenters. The molecule has 1 atom stereocenters. The molecule has 2 aromatic rings. The molecule has 0 aromatic heterocycles. The molecule has 0 amide bonds. The van der Waals surface area contributed by atoms with Crippen LogP contribution in [0, 0.1) is 5.82 Å². The molecule has 0 radical (unpaired) electrons. The van der Waals surface area contributed by atoms with Crippen LogP contribution >= 0.6 is 0 Å². The Bertz CT molecular complexity index is 599. The van der Waals surface area contributed by atoms with E-state index in [4.69, 9.17) is 5.11 Å². The van der Waals surface area contributed by atoms with Crippen LogP contribution < -0.4 is 5.32 Å². The molecule has 3 nitrogen and oxygen atoms in total. The van der Waals surface area contributed by atoms with Crippen molar-refractivity contribution in [2.24, 2.45) is 0 Å². The number of aromatic carboxylic acids is 1. The lowest BCUT2D eigenvalue weighted by Crippen LogP contribution is -2.14. The molecular weight excluding hydrogens is 257 g/mol. The summed E-state index contributed by atoms with van der Waals surface area (Å²) in [6, 6.07) is 13.9. The highest BCUT2D eigenvalue weighted by molar-refractivity contribution is 5.94. The first-order valence-corrected chi connectivity index (χ1v) is 6.46. The normalized spacial score (nSPS) is 11.9. The van der Waals surface area contributed by atoms with Crippen LogP contribution in [-0.4, -0.2) is 11.1 Å². The van der Waals surface area contributed by atoms with Crippen molar-refractivity contribution in [2.45, 2.75) is 19.4 Å². The maximum Gasteiger partial charge on any atom is 0.340 e. The van der Waals surface area contributed by atoms with Crippen molar-refractivity contribution >= 4 is 11.7 Å². The number of nitrogens with one attached hydrogen (secondary N) is 1. The third-order valence-electron chi connectivity index (χ3n) is 3.17. The molecule has 20 heavy (non-hydrogen) atoms.